The van der Waals surface area contributed by atoms with Crippen LogP contribution >= 0.6 is 39.7 Å². The molecule has 0 saturated carbocycles. The molecule has 1 saturated heterocycles. The molecule has 2 heterocycles. The second kappa shape index (κ2) is 6.31. The van der Waals surface area contributed by atoms with Gasteiger partial charge >= 0.3 is 0 Å². The Bertz CT molecular complexity index is 332. The summed E-state index contributed by atoms with van der Waals surface area (Å²) in [4.78, 5) is 6.79. The van der Waals surface area contributed by atoms with Gasteiger partial charge in [-0.3, -0.25) is 4.90 Å². The lowest BCUT2D eigenvalue weighted by atomic mass is 10.0. The van der Waals surface area contributed by atoms with Crippen LogP contribution in [-0.2, 0) is 6.54 Å². The van der Waals surface area contributed by atoms with E-state index in [0.717, 1.165) is 23.4 Å². The third-order valence-corrected chi connectivity index (χ3v) is 4.40. The summed E-state index contributed by atoms with van der Waals surface area (Å²) in [6.45, 7) is 5.35. The minimum atomic E-state index is 0. The quantitative estimate of drug-likeness (QED) is 0.928. The predicted octanol–water partition coefficient (Wildman–Crippen LogP) is 2.50. The van der Waals surface area contributed by atoms with Crippen LogP contribution in [0.25, 0.3) is 0 Å². The lowest BCUT2D eigenvalue weighted by Crippen LogP contribution is -2.29. The van der Waals surface area contributed by atoms with Crippen molar-refractivity contribution in [3.05, 3.63) is 15.0 Å². The molecule has 92 valence electrons. The number of likely N-dealkylation sites (tertiary alicyclic amines) is 1. The first-order chi connectivity index (χ1) is 7.15. The molecule has 2 atom stereocenters. The summed E-state index contributed by atoms with van der Waals surface area (Å²) in [5.41, 5.74) is 5.91. The molecule has 0 aromatic carbocycles. The summed E-state index contributed by atoms with van der Waals surface area (Å²) in [7, 11) is 0. The second-order valence-corrected chi connectivity index (χ2v) is 6.70. The highest BCUT2D eigenvalue weighted by atomic mass is 79.9. The lowest BCUT2D eigenvalue weighted by Gasteiger charge is -2.16. The zero-order chi connectivity index (χ0) is 10.8. The van der Waals surface area contributed by atoms with Crippen LogP contribution in [-0.4, -0.2) is 29.0 Å². The number of thiazole rings is 1. The first kappa shape index (κ1) is 14.4. The number of hydrogen-bond acceptors (Lipinski definition) is 4. The van der Waals surface area contributed by atoms with Gasteiger partial charge in [0.1, 0.15) is 5.01 Å². The largest absolute Gasteiger partial charge is 0.328 e. The van der Waals surface area contributed by atoms with Crippen molar-refractivity contribution in [2.75, 3.05) is 13.1 Å². The van der Waals surface area contributed by atoms with Crippen LogP contribution < -0.4 is 5.73 Å². The minimum Gasteiger partial charge on any atom is -0.328 e. The molecule has 2 N–H and O–H groups in total. The average Bonchev–Trinajstić information content (AvgIpc) is 2.76. The van der Waals surface area contributed by atoms with Crippen LogP contribution in [0.1, 0.15) is 18.4 Å². The van der Waals surface area contributed by atoms with Gasteiger partial charge in [-0.25, -0.2) is 4.98 Å². The fourth-order valence-corrected chi connectivity index (χ4v) is 3.33. The Labute approximate surface area is 115 Å². The van der Waals surface area contributed by atoms with Gasteiger partial charge in [0.05, 0.1) is 16.5 Å². The summed E-state index contributed by atoms with van der Waals surface area (Å²) in [5.74, 6) is 0.661. The maximum absolute atomic E-state index is 5.91. The van der Waals surface area contributed by atoms with E-state index >= 15 is 0 Å². The number of aromatic nitrogens is 1. The van der Waals surface area contributed by atoms with E-state index in [1.54, 1.807) is 11.3 Å². The van der Waals surface area contributed by atoms with Gasteiger partial charge < -0.3 is 5.73 Å². The summed E-state index contributed by atoms with van der Waals surface area (Å²) in [5, 5.41) is 1.19. The normalized spacial score (nSPS) is 23.1. The number of halogens is 2. The molecule has 1 aliphatic rings. The fourth-order valence-electron chi connectivity index (χ4n) is 1.99. The molecule has 0 aliphatic carbocycles. The van der Waals surface area contributed by atoms with Gasteiger partial charge in [-0.05, 0) is 41.7 Å². The van der Waals surface area contributed by atoms with Gasteiger partial charge in [0.25, 0.3) is 0 Å². The molecule has 0 radical (unpaired) electrons. The van der Waals surface area contributed by atoms with Gasteiger partial charge in [-0.1, -0.05) is 0 Å². The Morgan fingerprint density at radius 1 is 1.75 bits per heavy atom. The monoisotopic (exact) mass is 325 g/mol. The van der Waals surface area contributed by atoms with Gasteiger partial charge in [0.15, 0.2) is 0 Å². The van der Waals surface area contributed by atoms with Crippen LogP contribution in [0.5, 0.6) is 0 Å². The number of hydrogen-bond donors (Lipinski definition) is 1. The Hall–Kier alpha value is 0.320. The zero-order valence-corrected chi connectivity index (χ0v) is 12.4. The molecule has 0 bridgehead atoms. The number of nitrogens with two attached hydrogens (primary N) is 1. The lowest BCUT2D eigenvalue weighted by molar-refractivity contribution is 0.308. The molecular weight excluding hydrogens is 310 g/mol. The Morgan fingerprint density at radius 3 is 3.00 bits per heavy atom. The third-order valence-electron chi connectivity index (χ3n) is 2.94. The molecule has 2 unspecified atom stereocenters. The van der Waals surface area contributed by atoms with Crippen molar-refractivity contribution in [1.82, 2.24) is 9.88 Å². The van der Waals surface area contributed by atoms with E-state index in [1.807, 2.05) is 6.20 Å². The highest BCUT2D eigenvalue weighted by molar-refractivity contribution is 9.11. The summed E-state index contributed by atoms with van der Waals surface area (Å²) >= 11 is 5.15. The maximum atomic E-state index is 5.91. The Kier molecular flexibility index (Phi) is 5.67. The van der Waals surface area contributed by atoms with Crippen molar-refractivity contribution in [3.8, 4) is 0 Å². The van der Waals surface area contributed by atoms with Crippen LogP contribution in [0.4, 0.5) is 0 Å². The van der Waals surface area contributed by atoms with Gasteiger partial charge in [0.2, 0.25) is 0 Å². The van der Waals surface area contributed by atoms with Crippen molar-refractivity contribution in [3.63, 3.8) is 0 Å². The van der Waals surface area contributed by atoms with Crippen molar-refractivity contribution < 1.29 is 0 Å². The topological polar surface area (TPSA) is 42.1 Å². The first-order valence-electron chi connectivity index (χ1n) is 5.23. The predicted molar refractivity (Wildman–Crippen MR) is 74.1 cm³/mol. The van der Waals surface area contributed by atoms with E-state index in [0.29, 0.717) is 12.0 Å². The molecule has 1 fully saturated rings. The molecule has 16 heavy (non-hydrogen) atoms. The van der Waals surface area contributed by atoms with Gasteiger partial charge in [-0.15, -0.1) is 23.7 Å². The zero-order valence-electron chi connectivity index (χ0n) is 9.23. The van der Waals surface area contributed by atoms with Crippen molar-refractivity contribution in [1.29, 1.82) is 0 Å². The Morgan fingerprint density at radius 2 is 2.50 bits per heavy atom. The van der Waals surface area contributed by atoms with Crippen LogP contribution in [0.2, 0.25) is 0 Å². The van der Waals surface area contributed by atoms with E-state index in [4.69, 9.17) is 5.73 Å². The van der Waals surface area contributed by atoms with E-state index in [9.17, 15) is 0 Å². The third kappa shape index (κ3) is 3.67. The molecular formula is C10H17BrClN3S. The molecule has 3 nitrogen and oxygen atoms in total. The van der Waals surface area contributed by atoms with Crippen molar-refractivity contribution in [2.45, 2.75) is 25.9 Å². The van der Waals surface area contributed by atoms with Gasteiger partial charge in [0, 0.05) is 12.6 Å². The molecule has 6 heteroatoms. The minimum absolute atomic E-state index is 0. The summed E-state index contributed by atoms with van der Waals surface area (Å²) in [6.07, 6.45) is 3.10. The van der Waals surface area contributed by atoms with E-state index in [1.165, 1.54) is 11.4 Å². The molecule has 1 aromatic rings. The van der Waals surface area contributed by atoms with Crippen molar-refractivity contribution in [2.24, 2.45) is 11.7 Å². The molecule has 1 aromatic heterocycles. The molecule has 0 amide bonds. The fraction of sp³-hybridized carbons (Fsp3) is 0.700. The highest BCUT2D eigenvalue weighted by Gasteiger charge is 2.25. The van der Waals surface area contributed by atoms with Crippen molar-refractivity contribution >= 4 is 39.7 Å². The number of rotatable bonds is 3. The first-order valence-corrected chi connectivity index (χ1v) is 6.84. The maximum Gasteiger partial charge on any atom is 0.108 e. The molecule has 0 spiro atoms. The van der Waals surface area contributed by atoms with E-state index < -0.39 is 0 Å². The second-order valence-electron chi connectivity index (χ2n) is 4.20. The number of nitrogens with zero attached hydrogens (tertiary/aromatic N) is 2. The van der Waals surface area contributed by atoms with Crippen LogP contribution in [0.15, 0.2) is 9.98 Å². The van der Waals surface area contributed by atoms with E-state index in [-0.39, 0.29) is 12.4 Å². The Balaban J connectivity index is 0.00000128. The summed E-state index contributed by atoms with van der Waals surface area (Å²) < 4.78 is 1.11. The van der Waals surface area contributed by atoms with E-state index in [2.05, 4.69) is 32.7 Å². The standard InChI is InChI=1S/C10H16BrN3S.ClH/c1-7(12)8-2-3-14(5-8)6-10-13-4-9(11)15-10;/h4,7-8H,2-3,5-6,12H2,1H3;1H. The summed E-state index contributed by atoms with van der Waals surface area (Å²) in [6, 6.07) is 0.318. The molecule has 2 rings (SSSR count). The SMILES string of the molecule is CC(N)C1CCN(Cc2ncc(Br)s2)C1.Cl. The van der Waals surface area contributed by atoms with Crippen LogP contribution in [0, 0.1) is 5.92 Å². The molecule has 1 aliphatic heterocycles. The van der Waals surface area contributed by atoms with Gasteiger partial charge in [-0.2, -0.15) is 0 Å². The van der Waals surface area contributed by atoms with Crippen LogP contribution in [0.3, 0.4) is 0 Å². The average molecular weight is 327 g/mol. The highest BCUT2D eigenvalue weighted by Crippen LogP contribution is 2.24. The smallest absolute Gasteiger partial charge is 0.108 e.